The van der Waals surface area contributed by atoms with Crippen LogP contribution < -0.4 is 0 Å². The lowest BCUT2D eigenvalue weighted by molar-refractivity contribution is 0.402. The van der Waals surface area contributed by atoms with Gasteiger partial charge in [0.15, 0.2) is 11.5 Å². The number of nitriles is 2. The maximum Gasteiger partial charge on any atom is 0.175 e. The van der Waals surface area contributed by atoms with Crippen LogP contribution >= 0.6 is 0 Å². The van der Waals surface area contributed by atoms with E-state index in [0.29, 0.717) is 12.0 Å². The zero-order valence-corrected chi connectivity index (χ0v) is 9.65. The molecule has 0 spiro atoms. The van der Waals surface area contributed by atoms with Crippen LogP contribution in [0.2, 0.25) is 0 Å². The van der Waals surface area contributed by atoms with Crippen molar-refractivity contribution in [1.29, 1.82) is 10.5 Å². The van der Waals surface area contributed by atoms with E-state index in [9.17, 15) is 10.2 Å². The zero-order chi connectivity index (χ0) is 13.0. The number of aromatic hydroxyl groups is 2. The molecule has 0 saturated carbocycles. The fourth-order valence-corrected chi connectivity index (χ4v) is 1.44. The molecule has 4 nitrogen and oxygen atoms in total. The normalized spacial score (nSPS) is 9.18. The number of phenols is 2. The number of rotatable bonds is 2. The number of hydrogen-bond acceptors (Lipinski definition) is 4. The standard InChI is InChI=1S/C13H12N2O2/c1-8(2)3-4-10-9(6-14)5-12(16)13(17)11(10)7-15/h3,5,16-17H,4H2,1-2H3. The van der Waals surface area contributed by atoms with Crippen LogP contribution in [0.3, 0.4) is 0 Å². The number of phenolic OH excluding ortho intramolecular Hbond substituents is 2. The van der Waals surface area contributed by atoms with Crippen LogP contribution in [0.5, 0.6) is 11.5 Å². The molecule has 0 heterocycles. The van der Waals surface area contributed by atoms with E-state index in [2.05, 4.69) is 0 Å². The van der Waals surface area contributed by atoms with E-state index in [1.165, 1.54) is 6.07 Å². The molecule has 0 amide bonds. The Balaban J connectivity index is 3.46. The molecule has 0 aliphatic rings. The average Bonchev–Trinajstić information content (AvgIpc) is 2.29. The van der Waals surface area contributed by atoms with Gasteiger partial charge in [-0.3, -0.25) is 0 Å². The van der Waals surface area contributed by atoms with Crippen molar-refractivity contribution < 1.29 is 10.2 Å². The van der Waals surface area contributed by atoms with E-state index in [1.54, 1.807) is 0 Å². The number of hydrogen-bond donors (Lipinski definition) is 2. The quantitative estimate of drug-likeness (QED) is 0.600. The van der Waals surface area contributed by atoms with Gasteiger partial charge in [0, 0.05) is 6.07 Å². The lowest BCUT2D eigenvalue weighted by atomic mass is 9.97. The van der Waals surface area contributed by atoms with E-state index in [4.69, 9.17) is 10.5 Å². The Bertz CT molecular complexity index is 556. The SMILES string of the molecule is CC(C)=CCc1c(C#N)cc(O)c(O)c1C#N. The van der Waals surface area contributed by atoms with Gasteiger partial charge in [-0.1, -0.05) is 11.6 Å². The number of nitrogens with zero attached hydrogens (tertiary/aromatic N) is 2. The molecule has 1 rings (SSSR count). The molecular weight excluding hydrogens is 216 g/mol. The molecule has 0 saturated heterocycles. The predicted octanol–water partition coefficient (Wildman–Crippen LogP) is 2.35. The first-order chi connectivity index (χ1) is 8.01. The highest BCUT2D eigenvalue weighted by molar-refractivity contribution is 5.61. The Morgan fingerprint density at radius 2 is 1.94 bits per heavy atom. The molecule has 1 aromatic rings. The van der Waals surface area contributed by atoms with Gasteiger partial charge < -0.3 is 10.2 Å². The summed E-state index contributed by atoms with van der Waals surface area (Å²) in [6.07, 6.45) is 2.23. The Kier molecular flexibility index (Phi) is 3.74. The van der Waals surface area contributed by atoms with Gasteiger partial charge >= 0.3 is 0 Å². The number of benzene rings is 1. The molecule has 2 N–H and O–H groups in total. The minimum Gasteiger partial charge on any atom is -0.504 e. The molecule has 0 aliphatic heterocycles. The van der Waals surface area contributed by atoms with Crippen molar-refractivity contribution in [2.45, 2.75) is 20.3 Å². The van der Waals surface area contributed by atoms with Gasteiger partial charge in [-0.25, -0.2) is 0 Å². The van der Waals surface area contributed by atoms with Crippen LogP contribution in [-0.4, -0.2) is 10.2 Å². The van der Waals surface area contributed by atoms with E-state index < -0.39 is 11.5 Å². The van der Waals surface area contributed by atoms with Crippen molar-refractivity contribution in [1.82, 2.24) is 0 Å². The van der Waals surface area contributed by atoms with Crippen LogP contribution in [0.4, 0.5) is 0 Å². The van der Waals surface area contributed by atoms with Crippen molar-refractivity contribution in [3.63, 3.8) is 0 Å². The van der Waals surface area contributed by atoms with Gasteiger partial charge in [-0.05, 0) is 25.8 Å². The minimum absolute atomic E-state index is 0.0425. The number of allylic oxidation sites excluding steroid dienone is 2. The van der Waals surface area contributed by atoms with Gasteiger partial charge in [0.2, 0.25) is 0 Å². The van der Waals surface area contributed by atoms with Gasteiger partial charge in [-0.15, -0.1) is 0 Å². The van der Waals surface area contributed by atoms with Crippen LogP contribution in [0.15, 0.2) is 17.7 Å². The summed E-state index contributed by atoms with van der Waals surface area (Å²) >= 11 is 0. The van der Waals surface area contributed by atoms with E-state index in [-0.39, 0.29) is 11.1 Å². The molecule has 0 fully saturated rings. The summed E-state index contributed by atoms with van der Waals surface area (Å²) in [5, 5.41) is 36.8. The molecule has 0 bridgehead atoms. The molecule has 4 heteroatoms. The fraction of sp³-hybridized carbons (Fsp3) is 0.231. The monoisotopic (exact) mass is 228 g/mol. The molecule has 86 valence electrons. The van der Waals surface area contributed by atoms with Crippen molar-refractivity contribution in [3.05, 3.63) is 34.4 Å². The largest absolute Gasteiger partial charge is 0.504 e. The first-order valence-electron chi connectivity index (χ1n) is 5.02. The Morgan fingerprint density at radius 3 is 2.41 bits per heavy atom. The first-order valence-corrected chi connectivity index (χ1v) is 5.02. The topological polar surface area (TPSA) is 88.0 Å². The Labute approximate surface area is 99.7 Å². The van der Waals surface area contributed by atoms with Gasteiger partial charge in [0.1, 0.15) is 11.6 Å². The summed E-state index contributed by atoms with van der Waals surface area (Å²) in [6, 6.07) is 4.89. The van der Waals surface area contributed by atoms with Crippen LogP contribution in [-0.2, 0) is 6.42 Å². The lowest BCUT2D eigenvalue weighted by Gasteiger charge is -2.08. The molecule has 0 unspecified atom stereocenters. The average molecular weight is 228 g/mol. The summed E-state index contributed by atoms with van der Waals surface area (Å²) in [4.78, 5) is 0. The minimum atomic E-state index is -0.469. The molecule has 1 aromatic carbocycles. The smallest absolute Gasteiger partial charge is 0.175 e. The molecular formula is C13H12N2O2. The summed E-state index contributed by atoms with van der Waals surface area (Å²) in [7, 11) is 0. The fourth-order valence-electron chi connectivity index (χ4n) is 1.44. The molecule has 17 heavy (non-hydrogen) atoms. The Hall–Kier alpha value is -2.46. The molecule has 0 radical (unpaired) electrons. The van der Waals surface area contributed by atoms with Crippen molar-refractivity contribution in [2.75, 3.05) is 0 Å². The van der Waals surface area contributed by atoms with Crippen LogP contribution in [0.1, 0.15) is 30.5 Å². The summed E-state index contributed by atoms with van der Waals surface area (Å²) in [5.41, 5.74) is 1.64. The molecule has 0 aliphatic carbocycles. The van der Waals surface area contributed by atoms with E-state index in [0.717, 1.165) is 5.57 Å². The Morgan fingerprint density at radius 1 is 1.29 bits per heavy atom. The zero-order valence-electron chi connectivity index (χ0n) is 9.65. The third-order valence-corrected chi connectivity index (χ3v) is 2.33. The summed E-state index contributed by atoms with van der Waals surface area (Å²) in [5.74, 6) is -0.914. The van der Waals surface area contributed by atoms with Crippen LogP contribution in [0, 0.1) is 22.7 Å². The van der Waals surface area contributed by atoms with Gasteiger partial charge in [0.05, 0.1) is 11.6 Å². The van der Waals surface area contributed by atoms with Gasteiger partial charge in [-0.2, -0.15) is 10.5 Å². The second kappa shape index (κ2) is 5.05. The van der Waals surface area contributed by atoms with E-state index >= 15 is 0 Å². The third kappa shape index (κ3) is 2.56. The van der Waals surface area contributed by atoms with Crippen LogP contribution in [0.25, 0.3) is 0 Å². The summed E-state index contributed by atoms with van der Waals surface area (Å²) < 4.78 is 0. The van der Waals surface area contributed by atoms with Crippen molar-refractivity contribution in [3.8, 4) is 23.6 Å². The highest BCUT2D eigenvalue weighted by Crippen LogP contribution is 2.33. The third-order valence-electron chi connectivity index (χ3n) is 2.33. The van der Waals surface area contributed by atoms with Crippen molar-refractivity contribution >= 4 is 0 Å². The van der Waals surface area contributed by atoms with Gasteiger partial charge in [0.25, 0.3) is 0 Å². The molecule has 0 atom stereocenters. The maximum atomic E-state index is 9.56. The first kappa shape index (κ1) is 12.6. The maximum absolute atomic E-state index is 9.56. The van der Waals surface area contributed by atoms with E-state index in [1.807, 2.05) is 32.1 Å². The second-order valence-electron chi connectivity index (χ2n) is 3.85. The van der Waals surface area contributed by atoms with Crippen molar-refractivity contribution in [2.24, 2.45) is 0 Å². The predicted molar refractivity (Wildman–Crippen MR) is 62.3 cm³/mol. The summed E-state index contributed by atoms with van der Waals surface area (Å²) in [6.45, 7) is 3.80. The molecule has 0 aromatic heterocycles. The second-order valence-corrected chi connectivity index (χ2v) is 3.85. The lowest BCUT2D eigenvalue weighted by Crippen LogP contribution is -1.95. The highest BCUT2D eigenvalue weighted by Gasteiger charge is 2.16. The highest BCUT2D eigenvalue weighted by atomic mass is 16.3.